The summed E-state index contributed by atoms with van der Waals surface area (Å²) in [6.45, 7) is 0. The van der Waals surface area contributed by atoms with E-state index in [1.165, 1.54) is 0 Å². The number of aliphatic imine (C=N–C) groups is 1. The summed E-state index contributed by atoms with van der Waals surface area (Å²) in [5, 5.41) is -0.754. The Labute approximate surface area is 72.5 Å². The molecule has 10 heavy (non-hydrogen) atoms. The van der Waals surface area contributed by atoms with Gasteiger partial charge >= 0.3 is 0 Å². The van der Waals surface area contributed by atoms with Gasteiger partial charge in [-0.15, -0.1) is 11.6 Å². The Morgan fingerprint density at radius 1 is 1.50 bits per heavy atom. The van der Waals surface area contributed by atoms with E-state index in [2.05, 4.69) is 4.99 Å². The number of hydrogen-bond donors (Lipinski definition) is 0. The first-order valence-corrected chi connectivity index (χ1v) is 3.59. The van der Waals surface area contributed by atoms with Gasteiger partial charge in [0.25, 0.3) is 0 Å². The van der Waals surface area contributed by atoms with E-state index >= 15 is 0 Å². The van der Waals surface area contributed by atoms with Crippen molar-refractivity contribution in [3.05, 3.63) is 11.2 Å². The van der Waals surface area contributed by atoms with E-state index in [4.69, 9.17) is 34.8 Å². The minimum Gasteiger partial charge on any atom is -0.293 e. The quantitative estimate of drug-likeness (QED) is 0.432. The Morgan fingerprint density at radius 2 is 2.10 bits per heavy atom. The van der Waals surface area contributed by atoms with Crippen LogP contribution in [0, 0.1) is 0 Å². The smallest absolute Gasteiger partial charge is 0.183 e. The van der Waals surface area contributed by atoms with E-state index in [0.29, 0.717) is 0 Å². The molecular formula is C5H2Cl3NO. The van der Waals surface area contributed by atoms with Crippen molar-refractivity contribution in [2.75, 3.05) is 0 Å². The lowest BCUT2D eigenvalue weighted by molar-refractivity contribution is -0.113. The molecule has 0 aromatic carbocycles. The highest BCUT2D eigenvalue weighted by Gasteiger charge is 2.22. The first-order chi connectivity index (χ1) is 4.61. The number of allylic oxidation sites excluding steroid dienone is 1. The molecule has 0 spiro atoms. The Kier molecular flexibility index (Phi) is 2.34. The van der Waals surface area contributed by atoms with Crippen LogP contribution in [0.1, 0.15) is 0 Å². The largest absolute Gasteiger partial charge is 0.293 e. The molecule has 1 aliphatic heterocycles. The molecule has 0 saturated heterocycles. The molecule has 0 N–H and O–H groups in total. The van der Waals surface area contributed by atoms with E-state index in [0.717, 1.165) is 6.08 Å². The average molecular weight is 198 g/mol. The van der Waals surface area contributed by atoms with Gasteiger partial charge in [-0.25, -0.2) is 4.99 Å². The van der Waals surface area contributed by atoms with Crippen LogP contribution in [-0.2, 0) is 4.79 Å². The zero-order chi connectivity index (χ0) is 7.72. The lowest BCUT2D eigenvalue weighted by Gasteiger charge is -2.07. The predicted molar refractivity (Wildman–Crippen MR) is 41.9 cm³/mol. The van der Waals surface area contributed by atoms with Crippen LogP contribution in [-0.4, -0.2) is 16.3 Å². The summed E-state index contributed by atoms with van der Waals surface area (Å²) in [5.74, 6) is -0.327. The summed E-state index contributed by atoms with van der Waals surface area (Å²) in [4.78, 5) is 14.3. The first kappa shape index (κ1) is 8.05. The van der Waals surface area contributed by atoms with Gasteiger partial charge in [0.2, 0.25) is 0 Å². The van der Waals surface area contributed by atoms with E-state index in [9.17, 15) is 4.79 Å². The van der Waals surface area contributed by atoms with Crippen molar-refractivity contribution in [3.63, 3.8) is 0 Å². The third-order valence-electron chi connectivity index (χ3n) is 0.934. The van der Waals surface area contributed by atoms with Gasteiger partial charge < -0.3 is 0 Å². The van der Waals surface area contributed by atoms with Gasteiger partial charge in [-0.05, 0) is 0 Å². The highest BCUT2D eigenvalue weighted by atomic mass is 35.5. The lowest BCUT2D eigenvalue weighted by Crippen LogP contribution is -2.21. The number of halogens is 3. The number of ketones is 1. The molecule has 0 bridgehead atoms. The Morgan fingerprint density at radius 3 is 2.60 bits per heavy atom. The van der Waals surface area contributed by atoms with E-state index in [1.807, 2.05) is 0 Å². The number of hydrogen-bond acceptors (Lipinski definition) is 2. The van der Waals surface area contributed by atoms with Gasteiger partial charge in [-0.1, -0.05) is 23.2 Å². The van der Waals surface area contributed by atoms with Gasteiger partial charge in [0.1, 0.15) is 15.7 Å². The van der Waals surface area contributed by atoms with Gasteiger partial charge in [-0.3, -0.25) is 4.79 Å². The summed E-state index contributed by atoms with van der Waals surface area (Å²) < 4.78 is 0. The van der Waals surface area contributed by atoms with Gasteiger partial charge in [0, 0.05) is 6.08 Å². The fourth-order valence-electron chi connectivity index (χ4n) is 0.499. The van der Waals surface area contributed by atoms with Crippen molar-refractivity contribution in [3.8, 4) is 0 Å². The molecule has 0 saturated carbocycles. The van der Waals surface area contributed by atoms with Gasteiger partial charge in [0.05, 0.1) is 0 Å². The molecule has 0 aliphatic carbocycles. The molecule has 1 aliphatic rings. The highest BCUT2D eigenvalue weighted by Crippen LogP contribution is 2.17. The van der Waals surface area contributed by atoms with Crippen LogP contribution >= 0.6 is 34.8 Å². The maximum Gasteiger partial charge on any atom is 0.183 e. The summed E-state index contributed by atoms with van der Waals surface area (Å²) >= 11 is 16.3. The van der Waals surface area contributed by atoms with Crippen molar-refractivity contribution in [1.29, 1.82) is 0 Å². The third-order valence-corrected chi connectivity index (χ3v) is 1.96. The summed E-state index contributed by atoms with van der Waals surface area (Å²) in [7, 11) is 0. The number of rotatable bonds is 0. The van der Waals surface area contributed by atoms with Crippen LogP contribution < -0.4 is 0 Å². The fraction of sp³-hybridized carbons (Fsp3) is 0.200. The third kappa shape index (κ3) is 1.51. The lowest BCUT2D eigenvalue weighted by atomic mass is 10.2. The normalized spacial score (nSPS) is 25.9. The van der Waals surface area contributed by atoms with Crippen LogP contribution in [0.25, 0.3) is 0 Å². The highest BCUT2D eigenvalue weighted by molar-refractivity contribution is 6.75. The Bertz CT molecular complexity index is 233. The summed E-state index contributed by atoms with van der Waals surface area (Å²) in [5.41, 5.74) is 0. The fourth-order valence-corrected chi connectivity index (χ4v) is 1.05. The Balaban J connectivity index is 2.95. The minimum atomic E-state index is -0.857. The predicted octanol–water partition coefficient (Wildman–Crippen LogP) is 1.89. The second-order valence-electron chi connectivity index (χ2n) is 1.67. The minimum absolute atomic E-state index is 0.0270. The molecule has 0 fully saturated rings. The van der Waals surface area contributed by atoms with Crippen LogP contribution in [0.3, 0.4) is 0 Å². The summed E-state index contributed by atoms with van der Waals surface area (Å²) in [6.07, 6.45) is 1.14. The monoisotopic (exact) mass is 197 g/mol. The molecule has 0 amide bonds. The number of alkyl halides is 1. The van der Waals surface area contributed by atoms with Crippen LogP contribution in [0.4, 0.5) is 0 Å². The molecule has 1 atom stereocenters. The number of carbonyl (C=O) groups is 1. The molecule has 54 valence electrons. The van der Waals surface area contributed by atoms with Gasteiger partial charge in [-0.2, -0.15) is 0 Å². The molecule has 2 nitrogen and oxygen atoms in total. The van der Waals surface area contributed by atoms with Gasteiger partial charge in [0.15, 0.2) is 5.78 Å². The second-order valence-corrected chi connectivity index (χ2v) is 2.88. The molecule has 0 aromatic heterocycles. The SMILES string of the molecule is O=C1C=C(Cl)N=C(Cl)C1Cl. The van der Waals surface area contributed by atoms with E-state index in [1.54, 1.807) is 0 Å². The van der Waals surface area contributed by atoms with Crippen LogP contribution in [0.2, 0.25) is 0 Å². The zero-order valence-electron chi connectivity index (χ0n) is 4.64. The molecule has 0 radical (unpaired) electrons. The van der Waals surface area contributed by atoms with Crippen molar-refractivity contribution in [1.82, 2.24) is 0 Å². The van der Waals surface area contributed by atoms with Crippen LogP contribution in [0.15, 0.2) is 16.2 Å². The van der Waals surface area contributed by atoms with Crippen molar-refractivity contribution < 1.29 is 4.79 Å². The van der Waals surface area contributed by atoms with E-state index < -0.39 is 5.38 Å². The Hall–Kier alpha value is -0.0500. The molecule has 1 rings (SSSR count). The summed E-state index contributed by atoms with van der Waals surface area (Å²) in [6, 6.07) is 0. The molecule has 1 unspecified atom stereocenters. The van der Waals surface area contributed by atoms with Crippen molar-refractivity contribution in [2.45, 2.75) is 5.38 Å². The number of carbonyl (C=O) groups excluding carboxylic acids is 1. The zero-order valence-corrected chi connectivity index (χ0v) is 6.91. The average Bonchev–Trinajstić information content (AvgIpc) is 1.82. The maximum absolute atomic E-state index is 10.8. The number of nitrogens with zero attached hydrogens (tertiary/aromatic N) is 1. The standard InChI is InChI=1S/C5H2Cl3NO/c6-3-1-2(10)4(7)5(8)9-3/h1,4H. The van der Waals surface area contributed by atoms with E-state index in [-0.39, 0.29) is 16.1 Å². The first-order valence-electron chi connectivity index (χ1n) is 2.40. The van der Waals surface area contributed by atoms with Crippen molar-refractivity contribution in [2.24, 2.45) is 4.99 Å². The maximum atomic E-state index is 10.8. The molecule has 5 heteroatoms. The van der Waals surface area contributed by atoms with Crippen LogP contribution in [0.5, 0.6) is 0 Å². The second kappa shape index (κ2) is 2.91. The van der Waals surface area contributed by atoms with Crippen molar-refractivity contribution >= 4 is 45.8 Å². The molecular weight excluding hydrogens is 196 g/mol. The molecule has 1 heterocycles. The topological polar surface area (TPSA) is 29.4 Å². The molecule has 0 aromatic rings.